The first-order chi connectivity index (χ1) is 8.58. The topological polar surface area (TPSA) is 127 Å². The number of aromatic nitrogens is 2. The Morgan fingerprint density at radius 1 is 1.50 bits per heavy atom. The number of aliphatic carboxylic acids is 1. The summed E-state index contributed by atoms with van der Waals surface area (Å²) >= 11 is 0. The van der Waals surface area contributed by atoms with Crippen molar-refractivity contribution in [3.63, 3.8) is 0 Å². The number of urea groups is 1. The molecule has 1 aromatic heterocycles. The van der Waals surface area contributed by atoms with Crippen LogP contribution in [0.4, 0.5) is 4.79 Å². The van der Waals surface area contributed by atoms with Crippen molar-refractivity contribution in [2.75, 3.05) is 6.61 Å². The first kappa shape index (κ1) is 14.0. The third kappa shape index (κ3) is 3.74. The van der Waals surface area contributed by atoms with Crippen LogP contribution in [0.25, 0.3) is 0 Å². The van der Waals surface area contributed by atoms with Crippen LogP contribution in [-0.4, -0.2) is 44.8 Å². The van der Waals surface area contributed by atoms with E-state index < -0.39 is 24.6 Å². The third-order valence-corrected chi connectivity index (χ3v) is 2.35. The molecule has 0 aliphatic rings. The summed E-state index contributed by atoms with van der Waals surface area (Å²) in [5, 5.41) is 22.2. The van der Waals surface area contributed by atoms with Gasteiger partial charge in [0.15, 0.2) is 6.04 Å². The van der Waals surface area contributed by atoms with Gasteiger partial charge < -0.3 is 25.8 Å². The maximum absolute atomic E-state index is 11.5. The van der Waals surface area contributed by atoms with Gasteiger partial charge in [-0.15, -0.1) is 0 Å². The number of rotatable bonds is 6. The van der Waals surface area contributed by atoms with Crippen molar-refractivity contribution in [1.82, 2.24) is 20.6 Å². The van der Waals surface area contributed by atoms with Crippen LogP contribution >= 0.6 is 0 Å². The van der Waals surface area contributed by atoms with E-state index in [-0.39, 0.29) is 6.04 Å². The number of nitrogens with zero attached hydrogens (tertiary/aromatic N) is 1. The minimum absolute atomic E-state index is 0.340. The fraction of sp³-hybridized carbons (Fsp3) is 0.500. The van der Waals surface area contributed by atoms with Gasteiger partial charge in [0.25, 0.3) is 0 Å². The first-order valence-electron chi connectivity index (χ1n) is 5.48. The highest BCUT2D eigenvalue weighted by atomic mass is 16.4. The summed E-state index contributed by atoms with van der Waals surface area (Å²) in [5.74, 6) is -0.706. The summed E-state index contributed by atoms with van der Waals surface area (Å²) in [6.45, 7) is 1.19. The highest BCUT2D eigenvalue weighted by Crippen LogP contribution is 2.10. The second-order valence-electron chi connectivity index (χ2n) is 3.63. The third-order valence-electron chi connectivity index (χ3n) is 2.35. The van der Waals surface area contributed by atoms with Crippen LogP contribution in [0.1, 0.15) is 25.2 Å². The molecular weight excluding hydrogens is 240 g/mol. The Bertz CT molecular complexity index is 393. The van der Waals surface area contributed by atoms with E-state index in [2.05, 4.69) is 20.6 Å². The van der Waals surface area contributed by atoms with Crippen LogP contribution in [0, 0.1) is 0 Å². The van der Waals surface area contributed by atoms with Crippen LogP contribution in [-0.2, 0) is 4.79 Å². The predicted molar refractivity (Wildman–Crippen MR) is 61.8 cm³/mol. The number of aliphatic hydroxyl groups excluding tert-OH is 1. The standard InChI is InChI=1S/C10H16N4O4/c1-2-6(8-11-3-4-12-8)13-10(18)14-7(5-15)9(16)17/h3-4,6-7,15H,2,5H2,1H3,(H,11,12)(H,16,17)(H2,13,14,18)/t6?,7-/m0/s1. The van der Waals surface area contributed by atoms with Crippen molar-refractivity contribution in [2.45, 2.75) is 25.4 Å². The summed E-state index contributed by atoms with van der Waals surface area (Å²) in [7, 11) is 0. The van der Waals surface area contributed by atoms with Gasteiger partial charge in [-0.2, -0.15) is 0 Å². The molecule has 18 heavy (non-hydrogen) atoms. The van der Waals surface area contributed by atoms with E-state index in [1.54, 1.807) is 12.4 Å². The van der Waals surface area contributed by atoms with E-state index in [9.17, 15) is 9.59 Å². The van der Waals surface area contributed by atoms with Crippen molar-refractivity contribution >= 4 is 12.0 Å². The number of hydrogen-bond acceptors (Lipinski definition) is 4. The highest BCUT2D eigenvalue weighted by molar-refractivity contribution is 5.82. The number of nitrogens with one attached hydrogen (secondary N) is 3. The molecule has 1 heterocycles. The molecule has 0 bridgehead atoms. The molecule has 0 fully saturated rings. The van der Waals surface area contributed by atoms with Crippen LogP contribution < -0.4 is 10.6 Å². The number of carbonyl (C=O) groups is 2. The fourth-order valence-electron chi connectivity index (χ4n) is 1.38. The van der Waals surface area contributed by atoms with Crippen molar-refractivity contribution in [1.29, 1.82) is 0 Å². The zero-order valence-corrected chi connectivity index (χ0v) is 9.88. The quantitative estimate of drug-likeness (QED) is 0.473. The second kappa shape index (κ2) is 6.60. The molecule has 100 valence electrons. The molecular formula is C10H16N4O4. The Morgan fingerprint density at radius 3 is 2.67 bits per heavy atom. The van der Waals surface area contributed by atoms with Gasteiger partial charge >= 0.3 is 12.0 Å². The molecule has 0 aliphatic heterocycles. The van der Waals surface area contributed by atoms with Crippen molar-refractivity contribution < 1.29 is 19.8 Å². The molecule has 5 N–H and O–H groups in total. The Kier molecular flexibility index (Phi) is 5.12. The van der Waals surface area contributed by atoms with E-state index in [0.29, 0.717) is 12.2 Å². The van der Waals surface area contributed by atoms with E-state index >= 15 is 0 Å². The van der Waals surface area contributed by atoms with Crippen LogP contribution in [0.5, 0.6) is 0 Å². The highest BCUT2D eigenvalue weighted by Gasteiger charge is 2.21. The lowest BCUT2D eigenvalue weighted by Gasteiger charge is -2.17. The molecule has 1 rings (SSSR count). The number of carboxylic acids is 1. The monoisotopic (exact) mass is 256 g/mol. The summed E-state index contributed by atoms with van der Waals surface area (Å²) in [5.41, 5.74) is 0. The molecule has 8 nitrogen and oxygen atoms in total. The lowest BCUT2D eigenvalue weighted by molar-refractivity contribution is -0.140. The number of H-pyrrole nitrogens is 1. The predicted octanol–water partition coefficient (Wildman–Crippen LogP) is -0.394. The molecule has 0 saturated carbocycles. The maximum atomic E-state index is 11.5. The van der Waals surface area contributed by atoms with Crippen LogP contribution in [0.3, 0.4) is 0 Å². The van der Waals surface area contributed by atoms with Crippen LogP contribution in [0.15, 0.2) is 12.4 Å². The van der Waals surface area contributed by atoms with Gasteiger partial charge in [0.05, 0.1) is 12.6 Å². The second-order valence-corrected chi connectivity index (χ2v) is 3.63. The molecule has 0 saturated heterocycles. The van der Waals surface area contributed by atoms with Gasteiger partial charge in [0, 0.05) is 12.4 Å². The lowest BCUT2D eigenvalue weighted by atomic mass is 10.2. The Hall–Kier alpha value is -2.09. The van der Waals surface area contributed by atoms with E-state index in [0.717, 1.165) is 0 Å². The van der Waals surface area contributed by atoms with Gasteiger partial charge in [-0.25, -0.2) is 14.6 Å². The smallest absolute Gasteiger partial charge is 0.328 e. The summed E-state index contributed by atoms with van der Waals surface area (Å²) in [6, 6.07) is -2.33. The molecule has 0 spiro atoms. The number of aliphatic hydroxyl groups is 1. The molecule has 0 aliphatic carbocycles. The average molecular weight is 256 g/mol. The van der Waals surface area contributed by atoms with Gasteiger partial charge in [0.2, 0.25) is 0 Å². The van der Waals surface area contributed by atoms with Gasteiger partial charge in [-0.1, -0.05) is 6.92 Å². The zero-order valence-electron chi connectivity index (χ0n) is 9.88. The Morgan fingerprint density at radius 2 is 2.22 bits per heavy atom. The minimum atomic E-state index is -1.32. The van der Waals surface area contributed by atoms with E-state index in [4.69, 9.17) is 10.2 Å². The average Bonchev–Trinajstić information content (AvgIpc) is 2.86. The molecule has 0 radical (unpaired) electrons. The molecule has 2 atom stereocenters. The maximum Gasteiger partial charge on any atom is 0.328 e. The van der Waals surface area contributed by atoms with Gasteiger partial charge in [-0.3, -0.25) is 0 Å². The fourth-order valence-corrected chi connectivity index (χ4v) is 1.38. The van der Waals surface area contributed by atoms with E-state index in [1.165, 1.54) is 0 Å². The minimum Gasteiger partial charge on any atom is -0.480 e. The first-order valence-corrected chi connectivity index (χ1v) is 5.48. The largest absolute Gasteiger partial charge is 0.480 e. The summed E-state index contributed by atoms with van der Waals surface area (Å²) in [4.78, 5) is 29.0. The normalized spacial score (nSPS) is 13.7. The molecule has 1 aromatic rings. The number of carbonyl (C=O) groups excluding carboxylic acids is 1. The summed E-state index contributed by atoms with van der Waals surface area (Å²) < 4.78 is 0. The van der Waals surface area contributed by atoms with Crippen LogP contribution in [0.2, 0.25) is 0 Å². The Labute approximate surface area is 103 Å². The van der Waals surface area contributed by atoms with Crippen molar-refractivity contribution in [3.8, 4) is 0 Å². The number of aromatic amines is 1. The number of imidazole rings is 1. The van der Waals surface area contributed by atoms with Crippen molar-refractivity contribution in [3.05, 3.63) is 18.2 Å². The molecule has 2 amide bonds. The van der Waals surface area contributed by atoms with Crippen molar-refractivity contribution in [2.24, 2.45) is 0 Å². The Balaban J connectivity index is 2.55. The number of amides is 2. The number of carboxylic acid groups (broad SMARTS) is 1. The van der Waals surface area contributed by atoms with Gasteiger partial charge in [0.1, 0.15) is 5.82 Å². The number of hydrogen-bond donors (Lipinski definition) is 5. The molecule has 8 heteroatoms. The zero-order chi connectivity index (χ0) is 13.5. The molecule has 0 aromatic carbocycles. The lowest BCUT2D eigenvalue weighted by Crippen LogP contribution is -2.48. The van der Waals surface area contributed by atoms with E-state index in [1.807, 2.05) is 6.92 Å². The SMILES string of the molecule is CCC(NC(=O)N[C@@H](CO)C(=O)O)c1ncc[nH]1. The van der Waals surface area contributed by atoms with Gasteiger partial charge in [-0.05, 0) is 6.42 Å². The summed E-state index contributed by atoms with van der Waals surface area (Å²) in [6.07, 6.45) is 3.79. The molecule has 1 unspecified atom stereocenters.